The number of sulfonamides is 1. The van der Waals surface area contributed by atoms with Crippen LogP contribution in [0.25, 0.3) is 0 Å². The zero-order valence-electron chi connectivity index (χ0n) is 9.44. The summed E-state index contributed by atoms with van der Waals surface area (Å²) in [5.74, 6) is -1.58. The first-order chi connectivity index (χ1) is 8.25. The molecule has 3 N–H and O–H groups in total. The number of Topliss-reactive ketones (excluding diaryl/α,β-unsaturated/α-hetero) is 1. The number of ketones is 1. The summed E-state index contributed by atoms with van der Waals surface area (Å²) < 4.78 is 22.6. The van der Waals surface area contributed by atoms with Crippen LogP contribution in [0.5, 0.6) is 0 Å². The second-order valence-corrected chi connectivity index (χ2v) is 5.38. The topological polar surface area (TPSA) is 106 Å². The van der Waals surface area contributed by atoms with Gasteiger partial charge in [-0.3, -0.25) is 9.59 Å². The molecule has 0 aliphatic heterocycles. The maximum atomic E-state index is 11.4. The van der Waals surface area contributed by atoms with Gasteiger partial charge in [0.15, 0.2) is 0 Å². The van der Waals surface area contributed by atoms with Gasteiger partial charge in [0, 0.05) is 11.4 Å². The Bertz CT molecular complexity index is 598. The number of amides is 1. The number of carbonyl (C=O) groups is 2. The van der Waals surface area contributed by atoms with Crippen molar-refractivity contribution in [3.8, 4) is 0 Å². The third-order valence-corrected chi connectivity index (χ3v) is 3.27. The molecule has 98 valence electrons. The highest BCUT2D eigenvalue weighted by Crippen LogP contribution is 2.24. The molecule has 0 aromatic heterocycles. The summed E-state index contributed by atoms with van der Waals surface area (Å²) in [5, 5.41) is 7.37. The molecule has 18 heavy (non-hydrogen) atoms. The van der Waals surface area contributed by atoms with E-state index in [-0.39, 0.29) is 22.0 Å². The molecule has 0 bridgehead atoms. The first-order valence-electron chi connectivity index (χ1n) is 4.92. The van der Waals surface area contributed by atoms with E-state index in [1.54, 1.807) is 0 Å². The Morgan fingerprint density at radius 2 is 2.00 bits per heavy atom. The summed E-state index contributed by atoms with van der Waals surface area (Å²) in [4.78, 5) is 22.2. The van der Waals surface area contributed by atoms with Gasteiger partial charge in [-0.1, -0.05) is 18.5 Å². The van der Waals surface area contributed by atoms with Gasteiger partial charge in [0.25, 0.3) is 5.91 Å². The third kappa shape index (κ3) is 3.52. The van der Waals surface area contributed by atoms with Gasteiger partial charge in [-0.25, -0.2) is 13.6 Å². The molecule has 6 nitrogen and oxygen atoms in total. The van der Waals surface area contributed by atoms with Crippen LogP contribution in [0.4, 0.5) is 5.69 Å². The molecule has 1 amide bonds. The highest BCUT2D eigenvalue weighted by molar-refractivity contribution is 7.89. The van der Waals surface area contributed by atoms with Gasteiger partial charge in [0.05, 0.1) is 5.69 Å². The lowest BCUT2D eigenvalue weighted by Gasteiger charge is -2.09. The Balaban J connectivity index is 3.19. The van der Waals surface area contributed by atoms with Gasteiger partial charge in [0.2, 0.25) is 15.8 Å². The molecule has 0 aliphatic rings. The maximum absolute atomic E-state index is 11.4. The van der Waals surface area contributed by atoms with Crippen LogP contribution in [0.3, 0.4) is 0 Å². The molecule has 0 saturated heterocycles. The molecule has 0 unspecified atom stereocenters. The van der Waals surface area contributed by atoms with Gasteiger partial charge >= 0.3 is 0 Å². The Morgan fingerprint density at radius 1 is 1.39 bits per heavy atom. The predicted molar refractivity (Wildman–Crippen MR) is 66.8 cm³/mol. The summed E-state index contributed by atoms with van der Waals surface area (Å²) in [6.07, 6.45) is 0.0110. The van der Waals surface area contributed by atoms with Crippen LogP contribution in [0, 0.1) is 0 Å². The average Bonchev–Trinajstić information content (AvgIpc) is 2.26. The van der Waals surface area contributed by atoms with Crippen LogP contribution in [0.1, 0.15) is 13.3 Å². The van der Waals surface area contributed by atoms with E-state index in [0.717, 1.165) is 6.07 Å². The van der Waals surface area contributed by atoms with Crippen molar-refractivity contribution in [1.29, 1.82) is 0 Å². The minimum absolute atomic E-state index is 0.0110. The lowest BCUT2D eigenvalue weighted by atomic mass is 10.2. The van der Waals surface area contributed by atoms with E-state index < -0.39 is 21.7 Å². The van der Waals surface area contributed by atoms with Crippen molar-refractivity contribution in [3.05, 3.63) is 23.2 Å². The number of hydrogen-bond acceptors (Lipinski definition) is 4. The van der Waals surface area contributed by atoms with Crippen molar-refractivity contribution in [2.24, 2.45) is 5.14 Å². The van der Waals surface area contributed by atoms with Crippen molar-refractivity contribution in [3.63, 3.8) is 0 Å². The van der Waals surface area contributed by atoms with Gasteiger partial charge in [-0.15, -0.1) is 0 Å². The van der Waals surface area contributed by atoms with Gasteiger partial charge in [0.1, 0.15) is 4.90 Å². The summed E-state index contributed by atoms with van der Waals surface area (Å²) in [7, 11) is -4.01. The standard InChI is InChI=1S/C10H11ClN2O4S/c1-2-8(14)10(15)13-7-5-6(11)3-4-9(7)18(12,16)17/h3-5H,2H2,1H3,(H,13,15)(H2,12,16,17). The molecule has 0 fully saturated rings. The second-order valence-electron chi connectivity index (χ2n) is 3.42. The van der Waals surface area contributed by atoms with Crippen molar-refractivity contribution in [2.45, 2.75) is 18.2 Å². The zero-order chi connectivity index (χ0) is 13.9. The molecule has 0 spiro atoms. The van der Waals surface area contributed by atoms with Gasteiger partial charge in [-0.2, -0.15) is 0 Å². The largest absolute Gasteiger partial charge is 0.318 e. The number of hydrogen-bond donors (Lipinski definition) is 2. The van der Waals surface area contributed by atoms with E-state index in [1.807, 2.05) is 0 Å². The number of carbonyl (C=O) groups excluding carboxylic acids is 2. The van der Waals surface area contributed by atoms with Crippen molar-refractivity contribution >= 4 is 39.0 Å². The normalized spacial score (nSPS) is 11.1. The molecule has 8 heteroatoms. The highest BCUT2D eigenvalue weighted by atomic mass is 35.5. The van der Waals surface area contributed by atoms with Crippen LogP contribution in [-0.4, -0.2) is 20.1 Å². The Hall–Kier alpha value is -1.44. The van der Waals surface area contributed by atoms with Gasteiger partial charge < -0.3 is 5.32 Å². The van der Waals surface area contributed by atoms with E-state index >= 15 is 0 Å². The van der Waals surface area contributed by atoms with E-state index in [2.05, 4.69) is 5.32 Å². The molecule has 0 aliphatic carbocycles. The molecular formula is C10H11ClN2O4S. The zero-order valence-corrected chi connectivity index (χ0v) is 11.0. The lowest BCUT2D eigenvalue weighted by molar-refractivity contribution is -0.134. The van der Waals surface area contributed by atoms with Gasteiger partial charge in [-0.05, 0) is 18.2 Å². The fourth-order valence-corrected chi connectivity index (χ4v) is 2.05. The summed E-state index contributed by atoms with van der Waals surface area (Å²) in [6.45, 7) is 1.51. The summed E-state index contributed by atoms with van der Waals surface area (Å²) in [5.41, 5.74) is -0.114. The van der Waals surface area contributed by atoms with Crippen LogP contribution in [0.15, 0.2) is 23.1 Å². The molecule has 0 atom stereocenters. The first-order valence-corrected chi connectivity index (χ1v) is 6.84. The minimum atomic E-state index is -4.01. The number of rotatable bonds is 4. The fourth-order valence-electron chi connectivity index (χ4n) is 1.20. The average molecular weight is 291 g/mol. The Morgan fingerprint density at radius 3 is 2.50 bits per heavy atom. The lowest BCUT2D eigenvalue weighted by Crippen LogP contribution is -2.24. The first kappa shape index (κ1) is 14.6. The SMILES string of the molecule is CCC(=O)C(=O)Nc1cc(Cl)ccc1S(N)(=O)=O. The molecule has 0 radical (unpaired) electrons. The molecule has 1 rings (SSSR count). The number of nitrogens with one attached hydrogen (secondary N) is 1. The number of nitrogens with two attached hydrogens (primary N) is 1. The van der Waals surface area contributed by atoms with Crippen molar-refractivity contribution in [2.75, 3.05) is 5.32 Å². The number of primary sulfonamides is 1. The molecule has 0 heterocycles. The van der Waals surface area contributed by atoms with Crippen LogP contribution in [-0.2, 0) is 19.6 Å². The molecule has 1 aromatic rings. The fraction of sp³-hybridized carbons (Fsp3) is 0.200. The monoisotopic (exact) mass is 290 g/mol. The van der Waals surface area contributed by atoms with E-state index in [1.165, 1.54) is 19.1 Å². The number of benzene rings is 1. The quantitative estimate of drug-likeness (QED) is 0.804. The molecular weight excluding hydrogens is 280 g/mol. The summed E-state index contributed by atoms with van der Waals surface area (Å²) in [6, 6.07) is 3.68. The minimum Gasteiger partial charge on any atom is -0.318 e. The summed E-state index contributed by atoms with van der Waals surface area (Å²) >= 11 is 5.69. The van der Waals surface area contributed by atoms with E-state index in [0.29, 0.717) is 0 Å². The smallest absolute Gasteiger partial charge is 0.291 e. The number of halogens is 1. The van der Waals surface area contributed by atoms with E-state index in [9.17, 15) is 18.0 Å². The van der Waals surface area contributed by atoms with Crippen LogP contribution < -0.4 is 10.5 Å². The van der Waals surface area contributed by atoms with Crippen LogP contribution in [0.2, 0.25) is 5.02 Å². The van der Waals surface area contributed by atoms with Crippen molar-refractivity contribution in [1.82, 2.24) is 0 Å². The molecule has 1 aromatic carbocycles. The predicted octanol–water partition coefficient (Wildman–Crippen LogP) is 0.905. The third-order valence-electron chi connectivity index (χ3n) is 2.07. The van der Waals surface area contributed by atoms with Crippen molar-refractivity contribution < 1.29 is 18.0 Å². The Kier molecular flexibility index (Phi) is 4.44. The highest BCUT2D eigenvalue weighted by Gasteiger charge is 2.18. The maximum Gasteiger partial charge on any atom is 0.291 e. The number of anilines is 1. The van der Waals surface area contributed by atoms with Crippen LogP contribution >= 0.6 is 11.6 Å². The van der Waals surface area contributed by atoms with E-state index in [4.69, 9.17) is 16.7 Å². The Labute approximate surface area is 109 Å². The second kappa shape index (κ2) is 5.47. The molecule has 0 saturated carbocycles.